The first-order valence-electron chi connectivity index (χ1n) is 5.33. The summed E-state index contributed by atoms with van der Waals surface area (Å²) in [7, 11) is 0. The third-order valence-corrected chi connectivity index (χ3v) is 2.71. The Morgan fingerprint density at radius 3 is 2.54 bits per heavy atom. The summed E-state index contributed by atoms with van der Waals surface area (Å²) in [5, 5.41) is 3.51. The maximum absolute atomic E-state index is 10.7. The molecule has 2 nitrogen and oxygen atoms in total. The molecule has 0 heterocycles. The lowest BCUT2D eigenvalue weighted by Gasteiger charge is -2.37. The summed E-state index contributed by atoms with van der Waals surface area (Å²) in [6.45, 7) is 6.05. The van der Waals surface area contributed by atoms with Crippen LogP contribution in [0.25, 0.3) is 0 Å². The number of carbonyl (C=O) groups excluding carboxylic acids is 1. The van der Waals surface area contributed by atoms with Gasteiger partial charge in [-0.3, -0.25) is 0 Å². The third-order valence-electron chi connectivity index (χ3n) is 2.71. The molecule has 0 aromatic heterocycles. The molecule has 1 N–H and O–H groups in total. The third kappa shape index (κ3) is 3.90. The first-order valence-corrected chi connectivity index (χ1v) is 5.33. The number of ketones is 1. The quantitative estimate of drug-likeness (QED) is 0.707. The van der Waals surface area contributed by atoms with Crippen LogP contribution in [0.2, 0.25) is 0 Å². The highest BCUT2D eigenvalue weighted by Crippen LogP contribution is 2.31. The van der Waals surface area contributed by atoms with E-state index in [1.165, 1.54) is 12.8 Å². The van der Waals surface area contributed by atoms with Crippen molar-refractivity contribution in [3.05, 3.63) is 0 Å². The van der Waals surface area contributed by atoms with Crippen LogP contribution in [-0.2, 0) is 4.79 Å². The smallest absolute Gasteiger partial charge is 0.129 e. The first-order chi connectivity index (χ1) is 6.08. The predicted molar refractivity (Wildman–Crippen MR) is 54.7 cm³/mol. The number of carbonyl (C=O) groups is 1. The molecule has 13 heavy (non-hydrogen) atoms. The SMILES string of the molecule is CC(=O)CCC1CC(NC(C)C)C1. The first kappa shape index (κ1) is 10.7. The van der Waals surface area contributed by atoms with E-state index < -0.39 is 0 Å². The number of Topliss-reactive ketones (excluding diaryl/α,β-unsaturated/α-hetero) is 1. The summed E-state index contributed by atoms with van der Waals surface area (Å²) in [4.78, 5) is 10.7. The molecule has 0 aromatic carbocycles. The Labute approximate surface area is 81.1 Å². The van der Waals surface area contributed by atoms with Crippen LogP contribution in [-0.4, -0.2) is 17.9 Å². The molecule has 0 spiro atoms. The van der Waals surface area contributed by atoms with Crippen molar-refractivity contribution in [1.82, 2.24) is 5.32 Å². The van der Waals surface area contributed by atoms with E-state index in [9.17, 15) is 4.79 Å². The Hall–Kier alpha value is -0.370. The Morgan fingerprint density at radius 2 is 2.08 bits per heavy atom. The van der Waals surface area contributed by atoms with Crippen LogP contribution in [0.15, 0.2) is 0 Å². The monoisotopic (exact) mass is 183 g/mol. The van der Waals surface area contributed by atoms with Gasteiger partial charge in [-0.2, -0.15) is 0 Å². The molecule has 1 aliphatic carbocycles. The van der Waals surface area contributed by atoms with Gasteiger partial charge in [-0.05, 0) is 32.1 Å². The van der Waals surface area contributed by atoms with Gasteiger partial charge in [0.2, 0.25) is 0 Å². The molecule has 0 radical (unpaired) electrons. The lowest BCUT2D eigenvalue weighted by Crippen LogP contribution is -2.44. The molecular weight excluding hydrogens is 162 g/mol. The van der Waals surface area contributed by atoms with Crippen LogP contribution in [0, 0.1) is 5.92 Å². The number of rotatable bonds is 5. The second kappa shape index (κ2) is 4.75. The highest BCUT2D eigenvalue weighted by Gasteiger charge is 2.28. The van der Waals surface area contributed by atoms with E-state index in [4.69, 9.17) is 0 Å². The van der Waals surface area contributed by atoms with Crippen molar-refractivity contribution < 1.29 is 4.79 Å². The van der Waals surface area contributed by atoms with Gasteiger partial charge in [0.1, 0.15) is 5.78 Å². The maximum atomic E-state index is 10.7. The molecule has 1 aliphatic rings. The largest absolute Gasteiger partial charge is 0.312 e. The van der Waals surface area contributed by atoms with E-state index in [0.29, 0.717) is 11.8 Å². The van der Waals surface area contributed by atoms with E-state index in [2.05, 4.69) is 19.2 Å². The summed E-state index contributed by atoms with van der Waals surface area (Å²) in [5.41, 5.74) is 0. The lowest BCUT2D eigenvalue weighted by atomic mass is 9.77. The van der Waals surface area contributed by atoms with Crippen molar-refractivity contribution in [3.63, 3.8) is 0 Å². The average molecular weight is 183 g/mol. The normalized spacial score (nSPS) is 27.4. The zero-order chi connectivity index (χ0) is 9.84. The lowest BCUT2D eigenvalue weighted by molar-refractivity contribution is -0.117. The fourth-order valence-corrected chi connectivity index (χ4v) is 1.99. The van der Waals surface area contributed by atoms with Gasteiger partial charge in [0.25, 0.3) is 0 Å². The van der Waals surface area contributed by atoms with Crippen molar-refractivity contribution >= 4 is 5.78 Å². The van der Waals surface area contributed by atoms with Gasteiger partial charge >= 0.3 is 0 Å². The molecule has 0 unspecified atom stereocenters. The summed E-state index contributed by atoms with van der Waals surface area (Å²) in [6.07, 6.45) is 4.42. The minimum absolute atomic E-state index is 0.334. The molecule has 0 aliphatic heterocycles. The predicted octanol–water partition coefficient (Wildman–Crippen LogP) is 2.13. The highest BCUT2D eigenvalue weighted by molar-refractivity contribution is 5.75. The maximum Gasteiger partial charge on any atom is 0.129 e. The van der Waals surface area contributed by atoms with Crippen LogP contribution >= 0.6 is 0 Å². The van der Waals surface area contributed by atoms with E-state index in [1.54, 1.807) is 6.92 Å². The van der Waals surface area contributed by atoms with Crippen LogP contribution < -0.4 is 5.32 Å². The second-order valence-corrected chi connectivity index (χ2v) is 4.60. The minimum Gasteiger partial charge on any atom is -0.312 e. The Morgan fingerprint density at radius 1 is 1.46 bits per heavy atom. The zero-order valence-electron chi connectivity index (χ0n) is 8.97. The molecule has 0 bridgehead atoms. The molecule has 0 amide bonds. The molecule has 76 valence electrons. The van der Waals surface area contributed by atoms with Crippen LogP contribution in [0.3, 0.4) is 0 Å². The standard InChI is InChI=1S/C11H21NO/c1-8(2)12-11-6-10(7-11)5-4-9(3)13/h8,10-12H,4-7H2,1-3H3. The Balaban J connectivity index is 2.02. The molecule has 1 saturated carbocycles. The van der Waals surface area contributed by atoms with Crippen LogP contribution in [0.4, 0.5) is 0 Å². The Kier molecular flexibility index (Phi) is 3.91. The summed E-state index contributed by atoms with van der Waals surface area (Å²) in [6, 6.07) is 1.32. The van der Waals surface area contributed by atoms with Crippen molar-refractivity contribution in [2.45, 2.75) is 58.5 Å². The zero-order valence-corrected chi connectivity index (χ0v) is 8.97. The summed E-state index contributed by atoms with van der Waals surface area (Å²) in [5.74, 6) is 1.14. The van der Waals surface area contributed by atoms with Crippen LogP contribution in [0.5, 0.6) is 0 Å². The van der Waals surface area contributed by atoms with Gasteiger partial charge in [-0.25, -0.2) is 0 Å². The average Bonchev–Trinajstić information content (AvgIpc) is 1.92. The number of nitrogens with one attached hydrogen (secondary N) is 1. The summed E-state index contributed by atoms with van der Waals surface area (Å²) >= 11 is 0. The van der Waals surface area contributed by atoms with E-state index in [0.717, 1.165) is 24.8 Å². The number of hydrogen-bond acceptors (Lipinski definition) is 2. The highest BCUT2D eigenvalue weighted by atomic mass is 16.1. The molecular formula is C11H21NO. The van der Waals surface area contributed by atoms with Crippen molar-refractivity contribution in [2.75, 3.05) is 0 Å². The van der Waals surface area contributed by atoms with Gasteiger partial charge in [0, 0.05) is 18.5 Å². The van der Waals surface area contributed by atoms with E-state index in [1.807, 2.05) is 0 Å². The van der Waals surface area contributed by atoms with Gasteiger partial charge in [0.15, 0.2) is 0 Å². The molecule has 2 heteroatoms. The van der Waals surface area contributed by atoms with Gasteiger partial charge in [-0.15, -0.1) is 0 Å². The molecule has 1 fully saturated rings. The number of hydrogen-bond donors (Lipinski definition) is 1. The Bertz CT molecular complexity index is 171. The van der Waals surface area contributed by atoms with Crippen molar-refractivity contribution in [2.24, 2.45) is 5.92 Å². The molecule has 1 rings (SSSR count). The fraction of sp³-hybridized carbons (Fsp3) is 0.909. The van der Waals surface area contributed by atoms with Crippen molar-refractivity contribution in [1.29, 1.82) is 0 Å². The van der Waals surface area contributed by atoms with Gasteiger partial charge < -0.3 is 10.1 Å². The van der Waals surface area contributed by atoms with E-state index >= 15 is 0 Å². The molecule has 0 atom stereocenters. The minimum atomic E-state index is 0.334. The molecule has 0 aromatic rings. The fourth-order valence-electron chi connectivity index (χ4n) is 1.99. The van der Waals surface area contributed by atoms with Crippen molar-refractivity contribution in [3.8, 4) is 0 Å². The van der Waals surface area contributed by atoms with E-state index in [-0.39, 0.29) is 0 Å². The van der Waals surface area contributed by atoms with Gasteiger partial charge in [-0.1, -0.05) is 13.8 Å². The second-order valence-electron chi connectivity index (χ2n) is 4.60. The van der Waals surface area contributed by atoms with Crippen LogP contribution in [0.1, 0.15) is 46.5 Å². The molecule has 0 saturated heterocycles. The summed E-state index contributed by atoms with van der Waals surface area (Å²) < 4.78 is 0. The van der Waals surface area contributed by atoms with Gasteiger partial charge in [0.05, 0.1) is 0 Å². The topological polar surface area (TPSA) is 29.1 Å².